The molecule has 134 valence electrons. The molecule has 2 N–H and O–H groups in total. The van der Waals surface area contributed by atoms with Crippen molar-refractivity contribution in [2.75, 3.05) is 26.2 Å². The maximum absolute atomic E-state index is 12.3. The second kappa shape index (κ2) is 9.64. The number of piperazine rings is 1. The van der Waals surface area contributed by atoms with Crippen molar-refractivity contribution >= 4 is 24.2 Å². The highest BCUT2D eigenvalue weighted by Crippen LogP contribution is 2.10. The Morgan fingerprint density at radius 1 is 1.04 bits per heavy atom. The molecule has 1 aromatic rings. The maximum atomic E-state index is 12.3. The highest BCUT2D eigenvalue weighted by Gasteiger charge is 2.23. The largest absolute Gasteiger partial charge is 0.339 e. The quantitative estimate of drug-likeness (QED) is 0.877. The molecular formula is C18H28ClN3O2. The van der Waals surface area contributed by atoms with E-state index in [0.717, 1.165) is 5.56 Å². The highest BCUT2D eigenvalue weighted by molar-refractivity contribution is 5.85. The number of carbonyl (C=O) groups excluding carboxylic acids is 2. The van der Waals surface area contributed by atoms with Crippen molar-refractivity contribution in [2.24, 2.45) is 5.73 Å². The second-order valence-corrected chi connectivity index (χ2v) is 6.44. The van der Waals surface area contributed by atoms with Crippen LogP contribution in [0.5, 0.6) is 0 Å². The average molecular weight is 354 g/mol. The Morgan fingerprint density at radius 2 is 1.54 bits per heavy atom. The summed E-state index contributed by atoms with van der Waals surface area (Å²) in [6.07, 6.45) is 1.64. The molecule has 24 heavy (non-hydrogen) atoms. The van der Waals surface area contributed by atoms with Gasteiger partial charge in [0.25, 0.3) is 0 Å². The smallest absolute Gasteiger partial charge is 0.227 e. The second-order valence-electron chi connectivity index (χ2n) is 6.44. The van der Waals surface area contributed by atoms with Crippen molar-refractivity contribution < 1.29 is 9.59 Å². The highest BCUT2D eigenvalue weighted by atomic mass is 35.5. The Morgan fingerprint density at radius 3 is 2.04 bits per heavy atom. The predicted molar refractivity (Wildman–Crippen MR) is 98.2 cm³/mol. The summed E-state index contributed by atoms with van der Waals surface area (Å²) in [5.41, 5.74) is 7.92. The van der Waals surface area contributed by atoms with Crippen molar-refractivity contribution in [3.63, 3.8) is 0 Å². The third-order valence-corrected chi connectivity index (χ3v) is 4.27. The van der Waals surface area contributed by atoms with Crippen molar-refractivity contribution in [3.8, 4) is 0 Å². The van der Waals surface area contributed by atoms with Crippen LogP contribution in [0.4, 0.5) is 0 Å². The van der Waals surface area contributed by atoms with E-state index in [2.05, 4.69) is 0 Å². The van der Waals surface area contributed by atoms with E-state index < -0.39 is 0 Å². The molecule has 2 amide bonds. The summed E-state index contributed by atoms with van der Waals surface area (Å²) in [4.78, 5) is 28.1. The van der Waals surface area contributed by atoms with Gasteiger partial charge in [0.15, 0.2) is 0 Å². The number of hydrogen-bond donors (Lipinski definition) is 1. The first kappa shape index (κ1) is 20.5. The first-order valence-electron chi connectivity index (χ1n) is 8.32. The van der Waals surface area contributed by atoms with Crippen LogP contribution >= 0.6 is 12.4 Å². The molecule has 1 atom stereocenters. The predicted octanol–water partition coefficient (Wildman–Crippen LogP) is 1.76. The summed E-state index contributed by atoms with van der Waals surface area (Å²) in [7, 11) is 0. The Labute approximate surface area is 150 Å². The van der Waals surface area contributed by atoms with Gasteiger partial charge in [0.05, 0.1) is 6.42 Å². The molecule has 2 rings (SSSR count). The maximum Gasteiger partial charge on any atom is 0.227 e. The molecule has 0 aliphatic carbocycles. The van der Waals surface area contributed by atoms with Crippen LogP contribution in [-0.2, 0) is 16.0 Å². The molecule has 5 nitrogen and oxygen atoms in total. The lowest BCUT2D eigenvalue weighted by atomic mass is 10.1. The van der Waals surface area contributed by atoms with Gasteiger partial charge in [0.1, 0.15) is 0 Å². The number of amides is 2. The Bertz CT molecular complexity index is 538. The van der Waals surface area contributed by atoms with E-state index in [1.165, 1.54) is 5.56 Å². The Balaban J connectivity index is 0.00000288. The van der Waals surface area contributed by atoms with Gasteiger partial charge in [-0.25, -0.2) is 0 Å². The molecule has 1 aromatic carbocycles. The van der Waals surface area contributed by atoms with Gasteiger partial charge < -0.3 is 15.5 Å². The van der Waals surface area contributed by atoms with Crippen LogP contribution in [0.1, 0.15) is 30.9 Å². The lowest BCUT2D eigenvalue weighted by Crippen LogP contribution is -2.51. The van der Waals surface area contributed by atoms with Gasteiger partial charge in [-0.3, -0.25) is 9.59 Å². The minimum Gasteiger partial charge on any atom is -0.339 e. The third-order valence-electron chi connectivity index (χ3n) is 4.27. The number of nitrogens with two attached hydrogens (primary N) is 1. The fraction of sp³-hybridized carbons (Fsp3) is 0.556. The number of rotatable bonds is 5. The number of hydrogen-bond acceptors (Lipinski definition) is 3. The van der Waals surface area contributed by atoms with Gasteiger partial charge in [-0.2, -0.15) is 0 Å². The van der Waals surface area contributed by atoms with E-state index in [4.69, 9.17) is 5.73 Å². The van der Waals surface area contributed by atoms with Gasteiger partial charge in [-0.1, -0.05) is 29.8 Å². The zero-order valence-electron chi connectivity index (χ0n) is 14.5. The Kier molecular flexibility index (Phi) is 8.22. The van der Waals surface area contributed by atoms with E-state index in [1.54, 1.807) is 0 Å². The normalized spacial score (nSPS) is 15.6. The first-order chi connectivity index (χ1) is 11.0. The molecule has 1 fully saturated rings. The summed E-state index contributed by atoms with van der Waals surface area (Å²) < 4.78 is 0. The molecule has 1 aliphatic rings. The molecule has 0 radical (unpaired) electrons. The number of aryl methyl sites for hydroxylation is 1. The summed E-state index contributed by atoms with van der Waals surface area (Å²) in [6, 6.07) is 8.11. The van der Waals surface area contributed by atoms with Gasteiger partial charge in [0, 0.05) is 38.6 Å². The third kappa shape index (κ3) is 6.13. The zero-order valence-corrected chi connectivity index (χ0v) is 15.3. The fourth-order valence-electron chi connectivity index (χ4n) is 2.71. The number of carbonyl (C=O) groups is 2. The number of benzene rings is 1. The summed E-state index contributed by atoms with van der Waals surface area (Å²) >= 11 is 0. The van der Waals surface area contributed by atoms with Crippen molar-refractivity contribution in [2.45, 2.75) is 39.2 Å². The molecule has 0 spiro atoms. The topological polar surface area (TPSA) is 66.6 Å². The number of halogens is 1. The zero-order chi connectivity index (χ0) is 16.8. The van der Waals surface area contributed by atoms with Crippen LogP contribution in [0.25, 0.3) is 0 Å². The summed E-state index contributed by atoms with van der Waals surface area (Å²) in [6.45, 7) is 6.43. The molecule has 0 saturated carbocycles. The molecule has 1 saturated heterocycles. The lowest BCUT2D eigenvalue weighted by Gasteiger charge is -2.35. The standard InChI is InChI=1S/C18H27N3O2.ClH/c1-14-3-6-16(7-4-14)13-18(23)21-11-9-20(10-12-21)17(22)8-5-15(2)19;/h3-4,6-7,15H,5,8-13,19H2,1-2H3;1H. The monoisotopic (exact) mass is 353 g/mol. The van der Waals surface area contributed by atoms with E-state index in [1.807, 2.05) is 47.9 Å². The molecule has 0 aromatic heterocycles. The molecule has 1 aliphatic heterocycles. The van der Waals surface area contributed by atoms with Crippen LogP contribution in [-0.4, -0.2) is 53.8 Å². The number of nitrogens with zero attached hydrogens (tertiary/aromatic N) is 2. The molecule has 1 unspecified atom stereocenters. The SMILES string of the molecule is Cc1ccc(CC(=O)N2CCN(C(=O)CCC(C)N)CC2)cc1.Cl. The minimum atomic E-state index is 0. The van der Waals surface area contributed by atoms with Crippen LogP contribution in [0.15, 0.2) is 24.3 Å². The summed E-state index contributed by atoms with van der Waals surface area (Å²) in [5, 5.41) is 0. The fourth-order valence-corrected chi connectivity index (χ4v) is 2.71. The first-order valence-corrected chi connectivity index (χ1v) is 8.32. The van der Waals surface area contributed by atoms with Gasteiger partial charge in [-0.15, -0.1) is 12.4 Å². The molecular weight excluding hydrogens is 326 g/mol. The lowest BCUT2D eigenvalue weighted by molar-refractivity contribution is -0.139. The van der Waals surface area contributed by atoms with E-state index in [-0.39, 0.29) is 30.3 Å². The molecule has 1 heterocycles. The van der Waals surface area contributed by atoms with Gasteiger partial charge >= 0.3 is 0 Å². The van der Waals surface area contributed by atoms with Crippen LogP contribution in [0, 0.1) is 6.92 Å². The average Bonchev–Trinajstić information content (AvgIpc) is 2.55. The van der Waals surface area contributed by atoms with Gasteiger partial charge in [-0.05, 0) is 25.8 Å². The van der Waals surface area contributed by atoms with Crippen molar-refractivity contribution in [1.82, 2.24) is 9.80 Å². The summed E-state index contributed by atoms with van der Waals surface area (Å²) in [5.74, 6) is 0.282. The van der Waals surface area contributed by atoms with E-state index >= 15 is 0 Å². The van der Waals surface area contributed by atoms with Gasteiger partial charge in [0.2, 0.25) is 11.8 Å². The van der Waals surface area contributed by atoms with Crippen LogP contribution in [0.3, 0.4) is 0 Å². The minimum absolute atomic E-state index is 0. The molecule has 6 heteroatoms. The van der Waals surface area contributed by atoms with E-state index in [9.17, 15) is 9.59 Å². The Hall–Kier alpha value is -1.59. The van der Waals surface area contributed by atoms with Crippen molar-refractivity contribution in [3.05, 3.63) is 35.4 Å². The van der Waals surface area contributed by atoms with E-state index in [0.29, 0.717) is 45.4 Å². The van der Waals surface area contributed by atoms with Crippen LogP contribution in [0.2, 0.25) is 0 Å². The molecule has 0 bridgehead atoms. The van der Waals surface area contributed by atoms with Crippen molar-refractivity contribution in [1.29, 1.82) is 0 Å². The van der Waals surface area contributed by atoms with Crippen LogP contribution < -0.4 is 5.73 Å².